The van der Waals surface area contributed by atoms with E-state index in [2.05, 4.69) is 82.9 Å². The second-order valence-electron chi connectivity index (χ2n) is 9.50. The third-order valence-corrected chi connectivity index (χ3v) is 7.49. The molecular formula is C29H30ClN5S. The molecule has 0 spiro atoms. The van der Waals surface area contributed by atoms with E-state index >= 15 is 0 Å². The van der Waals surface area contributed by atoms with Crippen LogP contribution in [-0.4, -0.2) is 28.8 Å². The van der Waals surface area contributed by atoms with E-state index in [1.807, 2.05) is 44.6 Å². The van der Waals surface area contributed by atoms with E-state index in [1.54, 1.807) is 0 Å². The number of aromatic nitrogens is 2. The molecule has 3 heterocycles. The average molecular weight is 516 g/mol. The van der Waals surface area contributed by atoms with Gasteiger partial charge < -0.3 is 19.7 Å². The molecule has 0 amide bonds. The van der Waals surface area contributed by atoms with Crippen LogP contribution >= 0.6 is 23.8 Å². The van der Waals surface area contributed by atoms with Crippen LogP contribution in [0.5, 0.6) is 0 Å². The Morgan fingerprint density at radius 2 is 1.72 bits per heavy atom. The van der Waals surface area contributed by atoms with E-state index in [4.69, 9.17) is 28.8 Å². The lowest BCUT2D eigenvalue weighted by Gasteiger charge is -2.28. The summed E-state index contributed by atoms with van der Waals surface area (Å²) in [5, 5.41) is 4.99. The Kier molecular flexibility index (Phi) is 6.49. The number of aryl methyl sites for hydroxylation is 2. The molecule has 2 atom stereocenters. The molecule has 1 saturated heterocycles. The van der Waals surface area contributed by atoms with Gasteiger partial charge in [-0.15, -0.1) is 0 Å². The van der Waals surface area contributed by atoms with Crippen LogP contribution in [0.1, 0.15) is 40.3 Å². The van der Waals surface area contributed by atoms with Gasteiger partial charge in [0.25, 0.3) is 0 Å². The van der Waals surface area contributed by atoms with Crippen molar-refractivity contribution in [2.75, 3.05) is 23.9 Å². The summed E-state index contributed by atoms with van der Waals surface area (Å²) in [6, 6.07) is 22.7. The summed E-state index contributed by atoms with van der Waals surface area (Å²) in [4.78, 5) is 9.02. The first kappa shape index (κ1) is 24.3. The fourth-order valence-corrected chi connectivity index (χ4v) is 5.65. The minimum absolute atomic E-state index is 0.0722. The molecular weight excluding hydrogens is 486 g/mol. The first-order valence-electron chi connectivity index (χ1n) is 12.0. The molecule has 7 heteroatoms. The number of rotatable bonds is 5. The molecule has 0 unspecified atom stereocenters. The van der Waals surface area contributed by atoms with Crippen molar-refractivity contribution in [2.45, 2.75) is 32.9 Å². The van der Waals surface area contributed by atoms with E-state index in [0.29, 0.717) is 5.11 Å². The van der Waals surface area contributed by atoms with Gasteiger partial charge in [0.2, 0.25) is 0 Å². The van der Waals surface area contributed by atoms with Gasteiger partial charge in [0.05, 0.1) is 17.8 Å². The second kappa shape index (κ2) is 9.60. The number of thiocarbonyl (C=S) groups is 1. The van der Waals surface area contributed by atoms with Gasteiger partial charge in [-0.3, -0.25) is 4.98 Å². The highest BCUT2D eigenvalue weighted by Gasteiger charge is 2.42. The minimum Gasteiger partial charge on any atom is -0.378 e. The van der Waals surface area contributed by atoms with E-state index in [9.17, 15) is 0 Å². The van der Waals surface area contributed by atoms with Gasteiger partial charge in [-0.05, 0) is 98.7 Å². The fraction of sp³-hybridized carbons (Fsp3) is 0.241. The first-order valence-corrected chi connectivity index (χ1v) is 12.8. The SMILES string of the molecule is Cc1ccc(Cl)cc1-n1c(C)cc([C@@H]2[C@H](c3ccccn3)NC(=S)N2c2ccc(N(C)C)cc2)c1C. The van der Waals surface area contributed by atoms with Crippen LogP contribution in [-0.2, 0) is 0 Å². The maximum absolute atomic E-state index is 6.41. The van der Waals surface area contributed by atoms with Crippen molar-refractivity contribution in [3.63, 3.8) is 0 Å². The zero-order valence-electron chi connectivity index (χ0n) is 21.2. The number of benzene rings is 2. The van der Waals surface area contributed by atoms with Gasteiger partial charge in [0.1, 0.15) is 0 Å². The van der Waals surface area contributed by atoms with Gasteiger partial charge in [-0.1, -0.05) is 23.7 Å². The van der Waals surface area contributed by atoms with Crippen molar-refractivity contribution in [1.82, 2.24) is 14.9 Å². The number of pyridine rings is 1. The second-order valence-corrected chi connectivity index (χ2v) is 10.3. The number of hydrogen-bond acceptors (Lipinski definition) is 3. The normalized spacial score (nSPS) is 17.4. The predicted octanol–water partition coefficient (Wildman–Crippen LogP) is 6.69. The van der Waals surface area contributed by atoms with Crippen LogP contribution in [0.15, 0.2) is 72.9 Å². The van der Waals surface area contributed by atoms with Gasteiger partial charge >= 0.3 is 0 Å². The Morgan fingerprint density at radius 1 is 0.972 bits per heavy atom. The highest BCUT2D eigenvalue weighted by Crippen LogP contribution is 2.44. The fourth-order valence-electron chi connectivity index (χ4n) is 5.14. The van der Waals surface area contributed by atoms with Crippen molar-refractivity contribution in [3.8, 4) is 5.69 Å². The molecule has 2 aromatic heterocycles. The van der Waals surface area contributed by atoms with Crippen molar-refractivity contribution >= 4 is 40.3 Å². The molecule has 0 bridgehead atoms. The molecule has 1 aliphatic heterocycles. The summed E-state index contributed by atoms with van der Waals surface area (Å²) < 4.78 is 2.29. The number of hydrogen-bond donors (Lipinski definition) is 1. The predicted molar refractivity (Wildman–Crippen MR) is 154 cm³/mol. The maximum atomic E-state index is 6.41. The van der Waals surface area contributed by atoms with Crippen LogP contribution in [0.2, 0.25) is 5.02 Å². The standard InChI is InChI=1S/C29H30ClN5S/c1-18-9-10-21(30)17-26(18)34-19(2)16-24(20(34)3)28-27(25-8-6-7-15-31-25)32-29(36)35(28)23-13-11-22(12-14-23)33(4)5/h6-17,27-28H,1-5H3,(H,32,36)/t27-,28+/m0/s1. The third-order valence-electron chi connectivity index (χ3n) is 6.94. The number of nitrogens with one attached hydrogen (secondary N) is 1. The molecule has 0 radical (unpaired) electrons. The maximum Gasteiger partial charge on any atom is 0.174 e. The molecule has 5 nitrogen and oxygen atoms in total. The third kappa shape index (κ3) is 4.25. The Hall–Kier alpha value is -3.35. The molecule has 2 aromatic carbocycles. The summed E-state index contributed by atoms with van der Waals surface area (Å²) in [5.41, 5.74) is 8.92. The first-order chi connectivity index (χ1) is 17.3. The highest BCUT2D eigenvalue weighted by atomic mass is 35.5. The van der Waals surface area contributed by atoms with Gasteiger partial charge in [-0.2, -0.15) is 0 Å². The van der Waals surface area contributed by atoms with Crippen LogP contribution in [0.3, 0.4) is 0 Å². The molecule has 1 fully saturated rings. The van der Waals surface area contributed by atoms with E-state index < -0.39 is 0 Å². The monoisotopic (exact) mass is 515 g/mol. The van der Waals surface area contributed by atoms with Crippen LogP contribution in [0, 0.1) is 20.8 Å². The summed E-state index contributed by atoms with van der Waals surface area (Å²) in [5.74, 6) is 0. The molecule has 0 saturated carbocycles. The smallest absolute Gasteiger partial charge is 0.174 e. The Labute approximate surface area is 223 Å². The molecule has 184 valence electrons. The summed E-state index contributed by atoms with van der Waals surface area (Å²) in [6.07, 6.45) is 1.84. The Balaban J connectivity index is 1.67. The van der Waals surface area contributed by atoms with Gasteiger partial charge in [-0.25, -0.2) is 0 Å². The summed E-state index contributed by atoms with van der Waals surface area (Å²) in [6.45, 7) is 6.43. The van der Waals surface area contributed by atoms with Crippen LogP contribution in [0.25, 0.3) is 5.69 Å². The van der Waals surface area contributed by atoms with Gasteiger partial charge in [0.15, 0.2) is 5.11 Å². The van der Waals surface area contributed by atoms with Gasteiger partial charge in [0, 0.05) is 53.8 Å². The van der Waals surface area contributed by atoms with Crippen LogP contribution in [0.4, 0.5) is 11.4 Å². The Morgan fingerprint density at radius 3 is 2.39 bits per heavy atom. The van der Waals surface area contributed by atoms with Crippen molar-refractivity contribution < 1.29 is 0 Å². The van der Waals surface area contributed by atoms with Crippen molar-refractivity contribution in [3.05, 3.63) is 106 Å². The summed E-state index contributed by atoms with van der Waals surface area (Å²) in [7, 11) is 4.09. The van der Waals surface area contributed by atoms with Crippen molar-refractivity contribution in [2.24, 2.45) is 0 Å². The highest BCUT2D eigenvalue weighted by molar-refractivity contribution is 7.80. The number of halogens is 1. The van der Waals surface area contributed by atoms with E-state index in [1.165, 1.54) is 11.1 Å². The van der Waals surface area contributed by atoms with E-state index in [-0.39, 0.29) is 12.1 Å². The molecule has 1 aliphatic rings. The molecule has 0 aliphatic carbocycles. The molecule has 4 aromatic rings. The van der Waals surface area contributed by atoms with Crippen LogP contribution < -0.4 is 15.1 Å². The van der Waals surface area contributed by atoms with E-state index in [0.717, 1.165) is 39.2 Å². The zero-order valence-corrected chi connectivity index (χ0v) is 22.7. The Bertz CT molecular complexity index is 1410. The largest absolute Gasteiger partial charge is 0.378 e. The molecule has 36 heavy (non-hydrogen) atoms. The lowest BCUT2D eigenvalue weighted by molar-refractivity contribution is 0.565. The number of anilines is 2. The lowest BCUT2D eigenvalue weighted by Crippen LogP contribution is -2.29. The quantitative estimate of drug-likeness (QED) is 0.299. The molecule has 1 N–H and O–H groups in total. The lowest BCUT2D eigenvalue weighted by atomic mass is 9.96. The zero-order chi connectivity index (χ0) is 25.6. The molecule has 5 rings (SSSR count). The average Bonchev–Trinajstić information content (AvgIpc) is 3.36. The minimum atomic E-state index is -0.0957. The number of nitrogens with zero attached hydrogens (tertiary/aromatic N) is 4. The summed E-state index contributed by atoms with van der Waals surface area (Å²) >= 11 is 12.3. The van der Waals surface area contributed by atoms with Crippen molar-refractivity contribution in [1.29, 1.82) is 0 Å². The topological polar surface area (TPSA) is 36.3 Å².